The fraction of sp³-hybridized carbons (Fsp3) is 0.273. The molecule has 0 spiro atoms. The van der Waals surface area contributed by atoms with E-state index in [4.69, 9.17) is 9.47 Å². The number of benzene rings is 1. The van der Waals surface area contributed by atoms with Crippen molar-refractivity contribution < 1.29 is 9.47 Å². The summed E-state index contributed by atoms with van der Waals surface area (Å²) in [5, 5.41) is 3.27. The van der Waals surface area contributed by atoms with Gasteiger partial charge in [0.15, 0.2) is 11.5 Å². The van der Waals surface area contributed by atoms with Gasteiger partial charge in [0.2, 0.25) is 6.79 Å². The standard InChI is InChI=1S/C11H13NO2/c1-3-8(2)12-9-4-5-10-11(6-9)14-7-13-10/h3-6,8,12H,1,7H2,2H3. The zero-order valence-electron chi connectivity index (χ0n) is 8.12. The van der Waals surface area contributed by atoms with Crippen LogP contribution in [0.15, 0.2) is 30.9 Å². The average Bonchev–Trinajstić information content (AvgIpc) is 2.64. The number of hydrogen-bond donors (Lipinski definition) is 1. The van der Waals surface area contributed by atoms with Gasteiger partial charge in [-0.05, 0) is 19.1 Å². The van der Waals surface area contributed by atoms with Crippen LogP contribution in [0.4, 0.5) is 5.69 Å². The second-order valence-corrected chi connectivity index (χ2v) is 3.24. The molecule has 1 unspecified atom stereocenters. The van der Waals surface area contributed by atoms with Gasteiger partial charge in [-0.3, -0.25) is 0 Å². The number of hydrogen-bond acceptors (Lipinski definition) is 3. The van der Waals surface area contributed by atoms with E-state index in [1.54, 1.807) is 0 Å². The zero-order valence-corrected chi connectivity index (χ0v) is 8.12. The van der Waals surface area contributed by atoms with E-state index in [2.05, 4.69) is 11.9 Å². The minimum absolute atomic E-state index is 0.246. The third-order valence-corrected chi connectivity index (χ3v) is 2.12. The summed E-state index contributed by atoms with van der Waals surface area (Å²) in [6.07, 6.45) is 1.85. The van der Waals surface area contributed by atoms with Crippen molar-refractivity contribution >= 4 is 5.69 Å². The number of fused-ring (bicyclic) bond motifs is 1. The van der Waals surface area contributed by atoms with Crippen molar-refractivity contribution in [1.82, 2.24) is 0 Å². The van der Waals surface area contributed by atoms with E-state index in [0.717, 1.165) is 17.2 Å². The van der Waals surface area contributed by atoms with Gasteiger partial charge in [-0.1, -0.05) is 6.08 Å². The second-order valence-electron chi connectivity index (χ2n) is 3.24. The number of anilines is 1. The Balaban J connectivity index is 2.16. The van der Waals surface area contributed by atoms with E-state index in [1.165, 1.54) is 0 Å². The van der Waals surface area contributed by atoms with Crippen LogP contribution in [-0.2, 0) is 0 Å². The molecule has 0 saturated carbocycles. The molecule has 14 heavy (non-hydrogen) atoms. The van der Waals surface area contributed by atoms with Crippen LogP contribution in [0.3, 0.4) is 0 Å². The molecule has 0 aliphatic carbocycles. The van der Waals surface area contributed by atoms with Crippen molar-refractivity contribution in [3.8, 4) is 11.5 Å². The molecule has 2 rings (SSSR count). The molecule has 0 radical (unpaired) electrons. The first-order valence-electron chi connectivity index (χ1n) is 4.58. The van der Waals surface area contributed by atoms with Gasteiger partial charge in [0.25, 0.3) is 0 Å². The Morgan fingerprint density at radius 3 is 3.00 bits per heavy atom. The Hall–Kier alpha value is -1.64. The predicted octanol–water partition coefficient (Wildman–Crippen LogP) is 2.40. The van der Waals surface area contributed by atoms with E-state index in [-0.39, 0.29) is 6.04 Å². The largest absolute Gasteiger partial charge is 0.454 e. The van der Waals surface area contributed by atoms with Gasteiger partial charge in [0.05, 0.1) is 0 Å². The molecule has 1 atom stereocenters. The highest BCUT2D eigenvalue weighted by molar-refractivity contribution is 5.56. The van der Waals surface area contributed by atoms with E-state index in [0.29, 0.717) is 6.79 Å². The molecule has 1 N–H and O–H groups in total. The molecule has 1 aliphatic rings. The van der Waals surface area contributed by atoms with Crippen LogP contribution in [0.2, 0.25) is 0 Å². The lowest BCUT2D eigenvalue weighted by Gasteiger charge is -2.10. The fourth-order valence-corrected chi connectivity index (χ4v) is 1.31. The van der Waals surface area contributed by atoms with Crippen molar-refractivity contribution in [2.75, 3.05) is 12.1 Å². The maximum absolute atomic E-state index is 5.27. The number of ether oxygens (including phenoxy) is 2. The van der Waals surface area contributed by atoms with Crippen LogP contribution in [0, 0.1) is 0 Å². The van der Waals surface area contributed by atoms with Gasteiger partial charge < -0.3 is 14.8 Å². The molecule has 74 valence electrons. The highest BCUT2D eigenvalue weighted by Crippen LogP contribution is 2.34. The first-order valence-corrected chi connectivity index (χ1v) is 4.58. The van der Waals surface area contributed by atoms with Gasteiger partial charge in [-0.25, -0.2) is 0 Å². The summed E-state index contributed by atoms with van der Waals surface area (Å²) < 4.78 is 10.5. The van der Waals surface area contributed by atoms with E-state index < -0.39 is 0 Å². The molecule has 1 aliphatic heterocycles. The molecule has 1 aromatic carbocycles. The molecule has 0 bridgehead atoms. The highest BCUT2D eigenvalue weighted by Gasteiger charge is 2.13. The van der Waals surface area contributed by atoms with E-state index >= 15 is 0 Å². The highest BCUT2D eigenvalue weighted by atomic mass is 16.7. The summed E-state index contributed by atoms with van der Waals surface area (Å²) in [5.41, 5.74) is 1.02. The third kappa shape index (κ3) is 1.66. The molecule has 0 fully saturated rings. The quantitative estimate of drug-likeness (QED) is 0.744. The van der Waals surface area contributed by atoms with Crippen LogP contribution in [-0.4, -0.2) is 12.8 Å². The molecule has 0 aromatic heterocycles. The summed E-state index contributed by atoms with van der Waals surface area (Å²) in [7, 11) is 0. The van der Waals surface area contributed by atoms with Crippen LogP contribution >= 0.6 is 0 Å². The summed E-state index contributed by atoms with van der Waals surface area (Å²) in [6.45, 7) is 6.07. The fourth-order valence-electron chi connectivity index (χ4n) is 1.31. The Bertz CT molecular complexity index is 349. The van der Waals surface area contributed by atoms with Crippen molar-refractivity contribution in [3.05, 3.63) is 30.9 Å². The van der Waals surface area contributed by atoms with Crippen molar-refractivity contribution in [2.45, 2.75) is 13.0 Å². The van der Waals surface area contributed by atoms with Gasteiger partial charge in [0.1, 0.15) is 0 Å². The van der Waals surface area contributed by atoms with Gasteiger partial charge >= 0.3 is 0 Å². The zero-order chi connectivity index (χ0) is 9.97. The molecule has 1 aromatic rings. The monoisotopic (exact) mass is 191 g/mol. The topological polar surface area (TPSA) is 30.5 Å². The molecule has 3 heteroatoms. The molecule has 3 nitrogen and oxygen atoms in total. The van der Waals surface area contributed by atoms with Gasteiger partial charge in [-0.15, -0.1) is 6.58 Å². The Morgan fingerprint density at radius 1 is 1.43 bits per heavy atom. The van der Waals surface area contributed by atoms with Crippen LogP contribution < -0.4 is 14.8 Å². The van der Waals surface area contributed by atoms with E-state index in [9.17, 15) is 0 Å². The van der Waals surface area contributed by atoms with Crippen molar-refractivity contribution in [3.63, 3.8) is 0 Å². The molecule has 1 heterocycles. The van der Waals surface area contributed by atoms with Gasteiger partial charge in [-0.2, -0.15) is 0 Å². The third-order valence-electron chi connectivity index (χ3n) is 2.12. The maximum atomic E-state index is 5.27. The average molecular weight is 191 g/mol. The SMILES string of the molecule is C=CC(C)Nc1ccc2c(c1)OCO2. The molecule has 0 amide bonds. The first-order chi connectivity index (χ1) is 6.79. The number of nitrogens with one attached hydrogen (secondary N) is 1. The Morgan fingerprint density at radius 2 is 2.21 bits per heavy atom. The molecule has 0 saturated heterocycles. The number of rotatable bonds is 3. The predicted molar refractivity (Wildman–Crippen MR) is 55.8 cm³/mol. The van der Waals surface area contributed by atoms with Crippen molar-refractivity contribution in [2.24, 2.45) is 0 Å². The summed E-state index contributed by atoms with van der Waals surface area (Å²) in [4.78, 5) is 0. The summed E-state index contributed by atoms with van der Waals surface area (Å²) >= 11 is 0. The summed E-state index contributed by atoms with van der Waals surface area (Å²) in [6, 6.07) is 6.05. The summed E-state index contributed by atoms with van der Waals surface area (Å²) in [5.74, 6) is 1.60. The van der Waals surface area contributed by atoms with Crippen LogP contribution in [0.1, 0.15) is 6.92 Å². The normalized spacial score (nSPS) is 14.9. The minimum atomic E-state index is 0.246. The van der Waals surface area contributed by atoms with Crippen LogP contribution in [0.5, 0.6) is 11.5 Å². The lowest BCUT2D eigenvalue weighted by molar-refractivity contribution is 0.174. The second kappa shape index (κ2) is 3.62. The maximum Gasteiger partial charge on any atom is 0.231 e. The lowest BCUT2D eigenvalue weighted by atomic mass is 10.2. The van der Waals surface area contributed by atoms with Crippen molar-refractivity contribution in [1.29, 1.82) is 0 Å². The Labute approximate surface area is 83.3 Å². The smallest absolute Gasteiger partial charge is 0.231 e. The van der Waals surface area contributed by atoms with Crippen LogP contribution in [0.25, 0.3) is 0 Å². The molecular weight excluding hydrogens is 178 g/mol. The minimum Gasteiger partial charge on any atom is -0.454 e. The Kier molecular flexibility index (Phi) is 2.31. The lowest BCUT2D eigenvalue weighted by Crippen LogP contribution is -2.10. The first kappa shape index (κ1) is 8.94. The van der Waals surface area contributed by atoms with E-state index in [1.807, 2.05) is 31.2 Å². The molecular formula is C11H13NO2. The van der Waals surface area contributed by atoms with Gasteiger partial charge in [0, 0.05) is 17.8 Å².